The molecule has 0 aliphatic rings. The standard InChI is InChI=1S/Ba.ClH.Eu.FH/h;1H;;1H/q+2;;;/p-2. The number of rotatable bonds is 0. The Hall–Kier alpha value is 3.38. The fraction of sp³-hybridized carbons (Fsp3) is 0. The van der Waals surface area contributed by atoms with Crippen LogP contribution in [0.25, 0.3) is 0 Å². The van der Waals surface area contributed by atoms with E-state index in [1.54, 1.807) is 0 Å². The van der Waals surface area contributed by atoms with Gasteiger partial charge in [0.25, 0.3) is 0 Å². The van der Waals surface area contributed by atoms with Crippen molar-refractivity contribution >= 4 is 48.9 Å². The minimum absolute atomic E-state index is 0. The normalized spacial score (nSPS) is 0. The second-order valence-corrected chi connectivity index (χ2v) is 0. The van der Waals surface area contributed by atoms with E-state index >= 15 is 0 Å². The molecule has 0 saturated heterocycles. The molecular formula is BaClEuF. The summed E-state index contributed by atoms with van der Waals surface area (Å²) in [6.45, 7) is 0. The van der Waals surface area contributed by atoms with Gasteiger partial charge in [0, 0.05) is 49.4 Å². The van der Waals surface area contributed by atoms with E-state index < -0.39 is 0 Å². The van der Waals surface area contributed by atoms with Crippen molar-refractivity contribution in [1.29, 1.82) is 0 Å². The molecule has 4 heavy (non-hydrogen) atoms. The molecule has 0 aliphatic heterocycles. The molecule has 0 nitrogen and oxygen atoms in total. The molecule has 0 bridgehead atoms. The van der Waals surface area contributed by atoms with Crippen LogP contribution >= 0.6 is 0 Å². The average Bonchev–Trinajstić information content (AvgIpc) is 0. The van der Waals surface area contributed by atoms with Crippen molar-refractivity contribution in [3.05, 3.63) is 0 Å². The Kier molecular flexibility index (Phi) is 106. The molecule has 0 rings (SSSR count). The SMILES string of the molecule is [Ba+2].[Cl-].[Eu].[F-]. The topological polar surface area (TPSA) is 0 Å². The Morgan fingerprint density at radius 3 is 1.00 bits per heavy atom. The molecule has 0 unspecified atom stereocenters. The summed E-state index contributed by atoms with van der Waals surface area (Å²) in [4.78, 5) is 0. The van der Waals surface area contributed by atoms with Crippen molar-refractivity contribution in [2.75, 3.05) is 0 Å². The summed E-state index contributed by atoms with van der Waals surface area (Å²) in [6.07, 6.45) is 0. The van der Waals surface area contributed by atoms with E-state index in [0.717, 1.165) is 0 Å². The Labute approximate surface area is 112 Å². The molecule has 23 valence electrons. The summed E-state index contributed by atoms with van der Waals surface area (Å²) in [7, 11) is 0. The minimum atomic E-state index is 0. The van der Waals surface area contributed by atoms with E-state index in [0.29, 0.717) is 0 Å². The fourth-order valence-electron chi connectivity index (χ4n) is 0. The van der Waals surface area contributed by atoms with Crippen LogP contribution in [0, 0.1) is 49.4 Å². The Balaban J connectivity index is 0. The zero-order valence-electron chi connectivity index (χ0n) is 1.84. The first-order valence-electron chi connectivity index (χ1n) is 0. The van der Waals surface area contributed by atoms with Gasteiger partial charge in [-0.15, -0.1) is 0 Å². The third-order valence-corrected chi connectivity index (χ3v) is 0. The van der Waals surface area contributed by atoms with Crippen molar-refractivity contribution < 1.29 is 66.5 Å². The zero-order valence-corrected chi connectivity index (χ0v) is 9.46. The third kappa shape index (κ3) is 9.03. The van der Waals surface area contributed by atoms with Crippen LogP contribution in [-0.2, 0) is 0 Å². The van der Waals surface area contributed by atoms with Gasteiger partial charge in [0.15, 0.2) is 0 Å². The number of hydrogen-bond donors (Lipinski definition) is 0. The van der Waals surface area contributed by atoms with E-state index in [1.807, 2.05) is 0 Å². The van der Waals surface area contributed by atoms with Gasteiger partial charge in [0.2, 0.25) is 0 Å². The smallest absolute Gasteiger partial charge is 1.00 e. The summed E-state index contributed by atoms with van der Waals surface area (Å²) < 4.78 is 0. The Bertz CT molecular complexity index is 8.00. The molecule has 0 heterocycles. The molecule has 0 aromatic heterocycles. The van der Waals surface area contributed by atoms with E-state index in [9.17, 15) is 0 Å². The molecule has 0 N–H and O–H groups in total. The molecule has 0 aromatic rings. The number of halogens is 2. The van der Waals surface area contributed by atoms with Crippen LogP contribution < -0.4 is 17.1 Å². The van der Waals surface area contributed by atoms with Crippen molar-refractivity contribution in [1.82, 2.24) is 0 Å². The van der Waals surface area contributed by atoms with Gasteiger partial charge in [0.1, 0.15) is 0 Å². The van der Waals surface area contributed by atoms with E-state index in [2.05, 4.69) is 0 Å². The second-order valence-electron chi connectivity index (χ2n) is 0. The van der Waals surface area contributed by atoms with Gasteiger partial charge in [0.05, 0.1) is 0 Å². The van der Waals surface area contributed by atoms with Gasteiger partial charge >= 0.3 is 48.9 Å². The maximum atomic E-state index is 0. The van der Waals surface area contributed by atoms with Crippen LogP contribution in [-0.4, -0.2) is 48.9 Å². The van der Waals surface area contributed by atoms with Gasteiger partial charge < -0.3 is 17.1 Å². The monoisotopic (exact) mass is 345 g/mol. The molecule has 0 amide bonds. The molecule has 0 aromatic carbocycles. The molecule has 1 radical (unpaired) electrons. The summed E-state index contributed by atoms with van der Waals surface area (Å²) in [6, 6.07) is 0. The maximum absolute atomic E-state index is 0. The first-order chi connectivity index (χ1) is 0. The predicted molar refractivity (Wildman–Crippen MR) is 5.75 cm³/mol. The van der Waals surface area contributed by atoms with E-state index in [1.165, 1.54) is 0 Å². The quantitative estimate of drug-likeness (QED) is 0.384. The Morgan fingerprint density at radius 2 is 1.00 bits per heavy atom. The first-order valence-corrected chi connectivity index (χ1v) is 0. The van der Waals surface area contributed by atoms with Crippen LogP contribution in [0.2, 0.25) is 0 Å². The summed E-state index contributed by atoms with van der Waals surface area (Å²) in [5.74, 6) is 0. The first kappa shape index (κ1) is 26.3. The summed E-state index contributed by atoms with van der Waals surface area (Å²) in [5.41, 5.74) is 0. The predicted octanol–water partition coefficient (Wildman–Crippen LogP) is -6.37. The zero-order chi connectivity index (χ0) is 0. The molecule has 0 spiro atoms. The molecule has 0 fully saturated rings. The largest absolute Gasteiger partial charge is 2.00 e. The van der Waals surface area contributed by atoms with Crippen molar-refractivity contribution in [2.24, 2.45) is 0 Å². The average molecular weight is 344 g/mol. The Morgan fingerprint density at radius 1 is 1.00 bits per heavy atom. The van der Waals surface area contributed by atoms with Crippen LogP contribution in [0.5, 0.6) is 0 Å². The molecule has 0 aliphatic carbocycles. The molecular weight excluding hydrogens is 344 g/mol. The van der Waals surface area contributed by atoms with Gasteiger partial charge in [-0.25, -0.2) is 0 Å². The van der Waals surface area contributed by atoms with Gasteiger partial charge in [-0.3, -0.25) is 0 Å². The molecule has 0 saturated carbocycles. The third-order valence-electron chi connectivity index (χ3n) is 0. The van der Waals surface area contributed by atoms with Crippen LogP contribution in [0.1, 0.15) is 0 Å². The molecule has 0 atom stereocenters. The van der Waals surface area contributed by atoms with E-state index in [-0.39, 0.29) is 115 Å². The maximum Gasteiger partial charge on any atom is 2.00 e. The number of hydrogen-bond acceptors (Lipinski definition) is 0. The van der Waals surface area contributed by atoms with Crippen molar-refractivity contribution in [2.45, 2.75) is 0 Å². The minimum Gasteiger partial charge on any atom is -1.00 e. The van der Waals surface area contributed by atoms with Crippen LogP contribution in [0.4, 0.5) is 0 Å². The molecule has 4 heteroatoms. The van der Waals surface area contributed by atoms with Crippen LogP contribution in [0.15, 0.2) is 0 Å². The fourth-order valence-corrected chi connectivity index (χ4v) is 0. The van der Waals surface area contributed by atoms with Crippen molar-refractivity contribution in [3.63, 3.8) is 0 Å². The van der Waals surface area contributed by atoms with Gasteiger partial charge in [-0.2, -0.15) is 0 Å². The van der Waals surface area contributed by atoms with Gasteiger partial charge in [-0.05, 0) is 0 Å². The van der Waals surface area contributed by atoms with E-state index in [4.69, 9.17) is 0 Å². The van der Waals surface area contributed by atoms with Crippen molar-refractivity contribution in [3.8, 4) is 0 Å². The second kappa shape index (κ2) is 16.2. The van der Waals surface area contributed by atoms with Crippen LogP contribution in [0.3, 0.4) is 0 Å². The van der Waals surface area contributed by atoms with Gasteiger partial charge in [-0.1, -0.05) is 0 Å². The summed E-state index contributed by atoms with van der Waals surface area (Å²) in [5, 5.41) is 0. The summed E-state index contributed by atoms with van der Waals surface area (Å²) >= 11 is 0.